The first-order valence-corrected chi connectivity index (χ1v) is 6.06. The summed E-state index contributed by atoms with van der Waals surface area (Å²) in [6.07, 6.45) is 0.926. The van der Waals surface area contributed by atoms with Crippen molar-refractivity contribution in [1.82, 2.24) is 4.90 Å². The molecule has 6 nitrogen and oxygen atoms in total. The van der Waals surface area contributed by atoms with Crippen molar-refractivity contribution >= 4 is 7.82 Å². The first-order valence-electron chi connectivity index (χ1n) is 4.53. The lowest BCUT2D eigenvalue weighted by Gasteiger charge is -2.20. The van der Waals surface area contributed by atoms with Gasteiger partial charge in [-0.05, 0) is 13.0 Å². The molecule has 0 atom stereocenters. The van der Waals surface area contributed by atoms with Crippen LogP contribution in [-0.2, 0) is 9.09 Å². The van der Waals surface area contributed by atoms with Gasteiger partial charge in [0.1, 0.15) is 0 Å². The Kier molecular flexibility index (Phi) is 7.35. The van der Waals surface area contributed by atoms with Crippen molar-refractivity contribution < 1.29 is 24.0 Å². The molecule has 0 aliphatic rings. The van der Waals surface area contributed by atoms with Crippen LogP contribution in [0.1, 0.15) is 13.3 Å². The van der Waals surface area contributed by atoms with Gasteiger partial charge in [-0.25, -0.2) is 4.57 Å². The van der Waals surface area contributed by atoms with Gasteiger partial charge in [-0.2, -0.15) is 0 Å². The van der Waals surface area contributed by atoms with E-state index in [-0.39, 0.29) is 13.2 Å². The summed E-state index contributed by atoms with van der Waals surface area (Å²) >= 11 is 0. The molecule has 0 bridgehead atoms. The van der Waals surface area contributed by atoms with Gasteiger partial charge in [0.15, 0.2) is 0 Å². The Morgan fingerprint density at radius 1 is 1.29 bits per heavy atom. The van der Waals surface area contributed by atoms with E-state index in [9.17, 15) is 4.57 Å². The van der Waals surface area contributed by atoms with Crippen molar-refractivity contribution in [3.05, 3.63) is 0 Å². The molecule has 7 heteroatoms. The standard InChI is InChI=1S/C7H18NO5P/c1-2-3-8(4-6-9)5-7-13-14(10,11)12/h9H,2-7H2,1H3,(H2,10,11,12). The van der Waals surface area contributed by atoms with Crippen molar-refractivity contribution in [2.75, 3.05) is 32.8 Å². The molecule has 0 aromatic heterocycles. The van der Waals surface area contributed by atoms with Gasteiger partial charge in [-0.15, -0.1) is 0 Å². The number of nitrogens with zero attached hydrogens (tertiary/aromatic N) is 1. The van der Waals surface area contributed by atoms with Crippen LogP contribution in [0.25, 0.3) is 0 Å². The highest BCUT2D eigenvalue weighted by Crippen LogP contribution is 2.35. The van der Waals surface area contributed by atoms with Gasteiger partial charge in [0, 0.05) is 13.1 Å². The molecule has 0 heterocycles. The molecule has 0 aromatic rings. The number of rotatable bonds is 8. The van der Waals surface area contributed by atoms with Crippen LogP contribution < -0.4 is 0 Å². The van der Waals surface area contributed by atoms with Crippen molar-refractivity contribution in [2.24, 2.45) is 0 Å². The average molecular weight is 227 g/mol. The average Bonchev–Trinajstić information content (AvgIpc) is 2.02. The Bertz CT molecular complexity index is 177. The minimum absolute atomic E-state index is 0.0235. The zero-order valence-corrected chi connectivity index (χ0v) is 9.19. The van der Waals surface area contributed by atoms with Gasteiger partial charge in [0.25, 0.3) is 0 Å². The van der Waals surface area contributed by atoms with E-state index < -0.39 is 7.82 Å². The number of hydrogen-bond donors (Lipinski definition) is 3. The molecule has 0 amide bonds. The molecule has 0 unspecified atom stereocenters. The lowest BCUT2D eigenvalue weighted by atomic mass is 10.4. The van der Waals surface area contributed by atoms with E-state index in [0.717, 1.165) is 13.0 Å². The van der Waals surface area contributed by atoms with E-state index in [0.29, 0.717) is 13.1 Å². The maximum Gasteiger partial charge on any atom is 0.469 e. The third-order valence-electron chi connectivity index (χ3n) is 1.62. The normalized spacial score (nSPS) is 12.4. The summed E-state index contributed by atoms with van der Waals surface area (Å²) in [6.45, 7) is 3.71. The second-order valence-corrected chi connectivity index (χ2v) is 4.13. The molecule has 0 rings (SSSR count). The lowest BCUT2D eigenvalue weighted by molar-refractivity contribution is 0.144. The maximum atomic E-state index is 10.3. The summed E-state index contributed by atoms with van der Waals surface area (Å²) in [6, 6.07) is 0. The third kappa shape index (κ3) is 8.62. The summed E-state index contributed by atoms with van der Waals surface area (Å²) in [4.78, 5) is 18.7. The zero-order chi connectivity index (χ0) is 11.0. The minimum atomic E-state index is -4.35. The van der Waals surface area contributed by atoms with Crippen LogP contribution in [0.15, 0.2) is 0 Å². The smallest absolute Gasteiger partial charge is 0.395 e. The van der Waals surface area contributed by atoms with Gasteiger partial charge >= 0.3 is 7.82 Å². The first kappa shape index (κ1) is 14.0. The van der Waals surface area contributed by atoms with Crippen molar-refractivity contribution in [2.45, 2.75) is 13.3 Å². The predicted octanol–water partition coefficient (Wildman–Crippen LogP) is -0.200. The second kappa shape index (κ2) is 7.34. The monoisotopic (exact) mass is 227 g/mol. The van der Waals surface area contributed by atoms with Gasteiger partial charge in [0.05, 0.1) is 13.2 Å². The van der Waals surface area contributed by atoms with Crippen LogP contribution in [0.4, 0.5) is 0 Å². The minimum Gasteiger partial charge on any atom is -0.395 e. The third-order valence-corrected chi connectivity index (χ3v) is 2.14. The van der Waals surface area contributed by atoms with Crippen LogP contribution in [0, 0.1) is 0 Å². The van der Waals surface area contributed by atoms with Gasteiger partial charge in [-0.3, -0.25) is 9.42 Å². The molecule has 0 aliphatic carbocycles. The lowest BCUT2D eigenvalue weighted by Crippen LogP contribution is -2.30. The number of hydrogen-bond acceptors (Lipinski definition) is 4. The topological polar surface area (TPSA) is 90.2 Å². The number of phosphoric ester groups is 1. The van der Waals surface area contributed by atoms with Gasteiger partial charge < -0.3 is 14.9 Å². The Morgan fingerprint density at radius 2 is 1.93 bits per heavy atom. The van der Waals surface area contributed by atoms with E-state index in [1.165, 1.54) is 0 Å². The van der Waals surface area contributed by atoms with E-state index >= 15 is 0 Å². The predicted molar refractivity (Wildman–Crippen MR) is 51.8 cm³/mol. The highest BCUT2D eigenvalue weighted by atomic mass is 31.2. The van der Waals surface area contributed by atoms with E-state index in [1.807, 2.05) is 11.8 Å². The molecule has 0 radical (unpaired) electrons. The summed E-state index contributed by atoms with van der Waals surface area (Å²) in [5.41, 5.74) is 0. The molecule has 0 saturated heterocycles. The van der Waals surface area contributed by atoms with Crippen LogP contribution in [0.5, 0.6) is 0 Å². The molecule has 0 fully saturated rings. The zero-order valence-electron chi connectivity index (χ0n) is 8.30. The molecule has 3 N–H and O–H groups in total. The summed E-state index contributed by atoms with van der Waals surface area (Å²) in [5.74, 6) is 0. The van der Waals surface area contributed by atoms with E-state index in [1.54, 1.807) is 0 Å². The number of aliphatic hydroxyl groups excluding tert-OH is 1. The van der Waals surface area contributed by atoms with Crippen LogP contribution in [0.3, 0.4) is 0 Å². The van der Waals surface area contributed by atoms with Crippen molar-refractivity contribution in [3.63, 3.8) is 0 Å². The first-order chi connectivity index (χ1) is 6.49. The molecule has 0 aliphatic heterocycles. The summed E-state index contributed by atoms with van der Waals surface area (Å²) < 4.78 is 14.6. The highest BCUT2D eigenvalue weighted by Gasteiger charge is 2.13. The molecule has 0 saturated carbocycles. The highest BCUT2D eigenvalue weighted by molar-refractivity contribution is 7.46. The Morgan fingerprint density at radius 3 is 2.36 bits per heavy atom. The van der Waals surface area contributed by atoms with Crippen molar-refractivity contribution in [1.29, 1.82) is 0 Å². The number of aliphatic hydroxyl groups is 1. The molecule has 86 valence electrons. The quantitative estimate of drug-likeness (QED) is 0.497. The van der Waals surface area contributed by atoms with Crippen molar-refractivity contribution in [3.8, 4) is 0 Å². The summed E-state index contributed by atoms with van der Waals surface area (Å²) in [5, 5.41) is 8.69. The fourth-order valence-corrected chi connectivity index (χ4v) is 1.40. The Balaban J connectivity index is 3.65. The van der Waals surface area contributed by atoms with Crippen LogP contribution in [-0.4, -0.2) is 52.6 Å². The van der Waals surface area contributed by atoms with Gasteiger partial charge in [0.2, 0.25) is 0 Å². The van der Waals surface area contributed by atoms with Crippen LogP contribution in [0.2, 0.25) is 0 Å². The van der Waals surface area contributed by atoms with Crippen LogP contribution >= 0.6 is 7.82 Å². The van der Waals surface area contributed by atoms with E-state index in [2.05, 4.69) is 4.52 Å². The SMILES string of the molecule is CCCN(CCO)CCOP(=O)(O)O. The fraction of sp³-hybridized carbons (Fsp3) is 1.00. The van der Waals surface area contributed by atoms with Gasteiger partial charge in [-0.1, -0.05) is 6.92 Å². The molecule has 0 spiro atoms. The maximum absolute atomic E-state index is 10.3. The number of phosphoric acid groups is 1. The molecular weight excluding hydrogens is 209 g/mol. The largest absolute Gasteiger partial charge is 0.469 e. The second-order valence-electron chi connectivity index (χ2n) is 2.89. The summed E-state index contributed by atoms with van der Waals surface area (Å²) in [7, 11) is -4.35. The molecule has 14 heavy (non-hydrogen) atoms. The fourth-order valence-electron chi connectivity index (χ4n) is 1.08. The Hall–Kier alpha value is 0.0300. The molecular formula is C7H18NO5P. The van der Waals surface area contributed by atoms with E-state index in [4.69, 9.17) is 14.9 Å². The Labute approximate surface area is 83.7 Å². The molecule has 0 aromatic carbocycles.